The van der Waals surface area contributed by atoms with Crippen molar-refractivity contribution in [3.8, 4) is 12.3 Å². The Morgan fingerprint density at radius 3 is 2.74 bits per heavy atom. The molecule has 0 aliphatic heterocycles. The minimum atomic E-state index is -0.240. The molecule has 2 rings (SSSR count). The number of nitrogens with one attached hydrogen (secondary N) is 1. The molecule has 0 heterocycles. The van der Waals surface area contributed by atoms with Gasteiger partial charge >= 0.3 is 0 Å². The van der Waals surface area contributed by atoms with Gasteiger partial charge in [-0.3, -0.25) is 4.79 Å². The van der Waals surface area contributed by atoms with Gasteiger partial charge in [-0.2, -0.15) is 0 Å². The van der Waals surface area contributed by atoms with E-state index < -0.39 is 0 Å². The molecule has 94 valence electrons. The van der Waals surface area contributed by atoms with Gasteiger partial charge in [-0.15, -0.1) is 6.42 Å². The number of nitrogens with two attached hydrogens (primary N) is 1. The predicted molar refractivity (Wildman–Crippen MR) is 77.9 cm³/mol. The molecule has 0 unspecified atom stereocenters. The average molecular weight is 250 g/mol. The largest absolute Gasteiger partial charge is 0.398 e. The van der Waals surface area contributed by atoms with E-state index in [1.54, 1.807) is 36.4 Å². The van der Waals surface area contributed by atoms with E-state index in [9.17, 15) is 4.79 Å². The molecule has 0 saturated heterocycles. The molecule has 3 nitrogen and oxygen atoms in total. The summed E-state index contributed by atoms with van der Waals surface area (Å²) in [6.45, 7) is 1.87. The molecule has 2 aromatic rings. The van der Waals surface area contributed by atoms with Crippen LogP contribution in [0.5, 0.6) is 0 Å². The fourth-order valence-electron chi connectivity index (χ4n) is 1.76. The lowest BCUT2D eigenvalue weighted by Gasteiger charge is -2.09. The van der Waals surface area contributed by atoms with Gasteiger partial charge in [0, 0.05) is 16.9 Å². The fourth-order valence-corrected chi connectivity index (χ4v) is 1.76. The number of carbonyl (C=O) groups excluding carboxylic acids is 1. The Hall–Kier alpha value is -2.73. The summed E-state index contributed by atoms with van der Waals surface area (Å²) >= 11 is 0. The van der Waals surface area contributed by atoms with E-state index in [1.165, 1.54) is 0 Å². The maximum atomic E-state index is 12.1. The second-order valence-corrected chi connectivity index (χ2v) is 4.22. The number of carbonyl (C=O) groups is 1. The van der Waals surface area contributed by atoms with E-state index >= 15 is 0 Å². The van der Waals surface area contributed by atoms with Crippen molar-refractivity contribution in [1.29, 1.82) is 0 Å². The van der Waals surface area contributed by atoms with Crippen LogP contribution >= 0.6 is 0 Å². The molecular weight excluding hydrogens is 236 g/mol. The number of para-hydroxylation sites is 1. The van der Waals surface area contributed by atoms with Gasteiger partial charge in [0.15, 0.2) is 0 Å². The molecule has 3 N–H and O–H groups in total. The third kappa shape index (κ3) is 2.75. The van der Waals surface area contributed by atoms with Gasteiger partial charge in [0.05, 0.1) is 5.56 Å². The van der Waals surface area contributed by atoms with Gasteiger partial charge in [-0.05, 0) is 36.8 Å². The molecule has 0 aliphatic carbocycles. The molecule has 0 aliphatic rings. The summed E-state index contributed by atoms with van der Waals surface area (Å²) in [5, 5.41) is 2.79. The van der Waals surface area contributed by atoms with Crippen LogP contribution in [0.25, 0.3) is 0 Å². The van der Waals surface area contributed by atoms with Crippen LogP contribution in [0.3, 0.4) is 0 Å². The summed E-state index contributed by atoms with van der Waals surface area (Å²) in [7, 11) is 0. The monoisotopic (exact) mass is 250 g/mol. The van der Waals surface area contributed by atoms with E-state index in [2.05, 4.69) is 11.2 Å². The van der Waals surface area contributed by atoms with E-state index in [-0.39, 0.29) is 5.91 Å². The van der Waals surface area contributed by atoms with Gasteiger partial charge in [-0.1, -0.05) is 24.1 Å². The predicted octanol–water partition coefficient (Wildman–Crippen LogP) is 2.81. The Labute approximate surface area is 112 Å². The molecule has 0 fully saturated rings. The van der Waals surface area contributed by atoms with Crippen LogP contribution in [-0.2, 0) is 0 Å². The number of rotatable bonds is 2. The number of terminal acetylenes is 1. The topological polar surface area (TPSA) is 55.1 Å². The number of nitrogen functional groups attached to an aromatic ring is 1. The van der Waals surface area contributed by atoms with E-state index in [0.29, 0.717) is 16.9 Å². The third-order valence-corrected chi connectivity index (χ3v) is 2.86. The second kappa shape index (κ2) is 5.28. The maximum absolute atomic E-state index is 12.1. The summed E-state index contributed by atoms with van der Waals surface area (Å²) in [6.07, 6.45) is 5.32. The van der Waals surface area contributed by atoms with Crippen molar-refractivity contribution >= 4 is 17.3 Å². The lowest BCUT2D eigenvalue weighted by Crippen LogP contribution is -2.14. The minimum Gasteiger partial charge on any atom is -0.398 e. The van der Waals surface area contributed by atoms with Crippen molar-refractivity contribution < 1.29 is 4.79 Å². The van der Waals surface area contributed by atoms with Crippen molar-refractivity contribution in [1.82, 2.24) is 0 Å². The summed E-state index contributed by atoms with van der Waals surface area (Å²) < 4.78 is 0. The molecular formula is C16H14N2O. The zero-order chi connectivity index (χ0) is 13.8. The molecule has 0 atom stereocenters. The van der Waals surface area contributed by atoms with Gasteiger partial charge in [0.1, 0.15) is 0 Å². The quantitative estimate of drug-likeness (QED) is 0.636. The normalized spacial score (nSPS) is 9.68. The number of amides is 1. The van der Waals surface area contributed by atoms with Crippen LogP contribution in [0, 0.1) is 19.3 Å². The first-order chi connectivity index (χ1) is 9.11. The molecule has 0 aromatic heterocycles. The molecule has 19 heavy (non-hydrogen) atoms. The highest BCUT2D eigenvalue weighted by atomic mass is 16.1. The first-order valence-electron chi connectivity index (χ1n) is 5.85. The second-order valence-electron chi connectivity index (χ2n) is 4.22. The molecule has 1 amide bonds. The van der Waals surface area contributed by atoms with Crippen molar-refractivity contribution in [2.75, 3.05) is 11.1 Å². The van der Waals surface area contributed by atoms with E-state index in [4.69, 9.17) is 12.2 Å². The van der Waals surface area contributed by atoms with Crippen LogP contribution in [0.15, 0.2) is 42.5 Å². The summed E-state index contributed by atoms with van der Waals surface area (Å²) in [4.78, 5) is 12.1. The Kier molecular flexibility index (Phi) is 3.53. The highest BCUT2D eigenvalue weighted by Gasteiger charge is 2.11. The zero-order valence-electron chi connectivity index (χ0n) is 10.6. The number of anilines is 2. The Morgan fingerprint density at radius 2 is 2.00 bits per heavy atom. The summed E-state index contributed by atoms with van der Waals surface area (Å²) in [6, 6.07) is 12.5. The first kappa shape index (κ1) is 12.7. The molecule has 2 aromatic carbocycles. The van der Waals surface area contributed by atoms with Gasteiger partial charge in [0.25, 0.3) is 5.91 Å². The highest BCUT2D eigenvalue weighted by Crippen LogP contribution is 2.18. The van der Waals surface area contributed by atoms with Gasteiger partial charge < -0.3 is 11.1 Å². The summed E-state index contributed by atoms with van der Waals surface area (Å²) in [5.41, 5.74) is 9.11. The Balaban J connectivity index is 2.26. The number of aryl methyl sites for hydroxylation is 1. The van der Waals surface area contributed by atoms with Crippen LogP contribution in [0.2, 0.25) is 0 Å². The molecule has 0 bridgehead atoms. The van der Waals surface area contributed by atoms with E-state index in [0.717, 1.165) is 11.1 Å². The molecule has 0 saturated carbocycles. The van der Waals surface area contributed by atoms with Crippen LogP contribution in [-0.4, -0.2) is 5.91 Å². The van der Waals surface area contributed by atoms with Crippen molar-refractivity contribution in [2.24, 2.45) is 0 Å². The number of hydrogen-bond donors (Lipinski definition) is 2. The number of benzene rings is 2. The molecule has 3 heteroatoms. The molecule has 0 radical (unpaired) electrons. The van der Waals surface area contributed by atoms with Crippen LogP contribution < -0.4 is 11.1 Å². The Morgan fingerprint density at radius 1 is 1.26 bits per heavy atom. The van der Waals surface area contributed by atoms with Gasteiger partial charge in [0.2, 0.25) is 0 Å². The standard InChI is InChI=1S/C16H14N2O/c1-3-12-7-5-8-13(10-12)18-16(19)14-9-4-6-11(2)15(14)17/h1,4-10H,17H2,2H3,(H,18,19). The SMILES string of the molecule is C#Cc1cccc(NC(=O)c2cccc(C)c2N)c1. The minimum absolute atomic E-state index is 0.240. The zero-order valence-corrected chi connectivity index (χ0v) is 10.6. The smallest absolute Gasteiger partial charge is 0.257 e. The van der Waals surface area contributed by atoms with E-state index in [1.807, 2.05) is 13.0 Å². The first-order valence-corrected chi connectivity index (χ1v) is 5.85. The van der Waals surface area contributed by atoms with Crippen molar-refractivity contribution in [3.63, 3.8) is 0 Å². The van der Waals surface area contributed by atoms with Crippen molar-refractivity contribution in [3.05, 3.63) is 59.2 Å². The fraction of sp³-hybridized carbons (Fsp3) is 0.0625. The summed E-state index contributed by atoms with van der Waals surface area (Å²) in [5.74, 6) is 2.28. The number of hydrogen-bond acceptors (Lipinski definition) is 2. The van der Waals surface area contributed by atoms with Crippen LogP contribution in [0.4, 0.5) is 11.4 Å². The maximum Gasteiger partial charge on any atom is 0.257 e. The lowest BCUT2D eigenvalue weighted by molar-refractivity contribution is 0.102. The highest BCUT2D eigenvalue weighted by molar-refractivity contribution is 6.08. The van der Waals surface area contributed by atoms with Crippen LogP contribution in [0.1, 0.15) is 21.5 Å². The third-order valence-electron chi connectivity index (χ3n) is 2.86. The molecule has 0 spiro atoms. The lowest BCUT2D eigenvalue weighted by atomic mass is 10.1. The average Bonchev–Trinajstić information content (AvgIpc) is 2.42. The van der Waals surface area contributed by atoms with Crippen molar-refractivity contribution in [2.45, 2.75) is 6.92 Å². The Bertz CT molecular complexity index is 669. The van der Waals surface area contributed by atoms with Gasteiger partial charge in [-0.25, -0.2) is 0 Å².